The lowest BCUT2D eigenvalue weighted by Gasteiger charge is -2.31. The fraction of sp³-hybridized carbons (Fsp3) is 0.786. The van der Waals surface area contributed by atoms with Gasteiger partial charge in [-0.25, -0.2) is 0 Å². The van der Waals surface area contributed by atoms with Gasteiger partial charge in [-0.15, -0.1) is 0 Å². The molecule has 0 amide bonds. The maximum atomic E-state index is 5.61. The van der Waals surface area contributed by atoms with E-state index in [1.54, 1.807) is 7.05 Å². The fourth-order valence-corrected chi connectivity index (χ4v) is 2.20. The average Bonchev–Trinajstić information content (AvgIpc) is 2.36. The number of aromatic nitrogens is 3. The minimum atomic E-state index is 0.0525. The SMILES string of the molecule is CCN(CC1CCC1)c1nc(NC)nc(OC(C)C)n1. The average molecular weight is 279 g/mol. The van der Waals surface area contributed by atoms with Crippen LogP contribution >= 0.6 is 0 Å². The number of ether oxygens (including phenoxy) is 1. The van der Waals surface area contributed by atoms with E-state index in [2.05, 4.69) is 32.1 Å². The molecule has 1 heterocycles. The first-order chi connectivity index (χ1) is 9.62. The van der Waals surface area contributed by atoms with Gasteiger partial charge in [0.1, 0.15) is 0 Å². The molecular formula is C14H25N5O. The Hall–Kier alpha value is -1.59. The van der Waals surface area contributed by atoms with E-state index in [1.807, 2.05) is 13.8 Å². The molecule has 0 atom stereocenters. The highest BCUT2D eigenvalue weighted by atomic mass is 16.5. The molecule has 1 saturated carbocycles. The van der Waals surface area contributed by atoms with Crippen molar-refractivity contribution in [3.05, 3.63) is 0 Å². The summed E-state index contributed by atoms with van der Waals surface area (Å²) < 4.78 is 5.61. The summed E-state index contributed by atoms with van der Waals surface area (Å²) in [5.74, 6) is 2.03. The molecule has 0 aliphatic heterocycles. The van der Waals surface area contributed by atoms with Crippen LogP contribution in [0.3, 0.4) is 0 Å². The second kappa shape index (κ2) is 6.72. The quantitative estimate of drug-likeness (QED) is 0.826. The smallest absolute Gasteiger partial charge is 0.323 e. The molecule has 20 heavy (non-hydrogen) atoms. The Labute approximate surface area is 121 Å². The number of anilines is 2. The van der Waals surface area contributed by atoms with Crippen LogP contribution in [0.15, 0.2) is 0 Å². The van der Waals surface area contributed by atoms with Crippen LogP contribution in [-0.4, -0.2) is 41.2 Å². The standard InChI is InChI=1S/C14H25N5O/c1-5-19(9-11-7-6-8-11)13-16-12(15-4)17-14(18-13)20-10(2)3/h10-11H,5-9H2,1-4H3,(H,15,16,17,18). The van der Waals surface area contributed by atoms with Crippen molar-refractivity contribution in [1.29, 1.82) is 0 Å². The van der Waals surface area contributed by atoms with E-state index >= 15 is 0 Å². The molecule has 1 N–H and O–H groups in total. The number of nitrogens with one attached hydrogen (secondary N) is 1. The van der Waals surface area contributed by atoms with E-state index in [-0.39, 0.29) is 6.10 Å². The molecule has 0 radical (unpaired) electrons. The third-order valence-corrected chi connectivity index (χ3v) is 3.54. The predicted molar refractivity (Wildman–Crippen MR) is 80.4 cm³/mol. The molecule has 6 nitrogen and oxygen atoms in total. The minimum absolute atomic E-state index is 0.0525. The van der Waals surface area contributed by atoms with Gasteiger partial charge in [-0.2, -0.15) is 15.0 Å². The van der Waals surface area contributed by atoms with Crippen molar-refractivity contribution in [1.82, 2.24) is 15.0 Å². The first kappa shape index (κ1) is 14.8. The molecule has 6 heteroatoms. The molecule has 1 fully saturated rings. The molecular weight excluding hydrogens is 254 g/mol. The third kappa shape index (κ3) is 3.71. The highest BCUT2D eigenvalue weighted by Gasteiger charge is 2.22. The van der Waals surface area contributed by atoms with Crippen molar-refractivity contribution in [3.63, 3.8) is 0 Å². The molecule has 1 aliphatic rings. The summed E-state index contributed by atoms with van der Waals surface area (Å²) in [5, 5.41) is 2.97. The molecule has 1 aromatic rings. The zero-order valence-electron chi connectivity index (χ0n) is 12.9. The van der Waals surface area contributed by atoms with Gasteiger partial charge in [-0.05, 0) is 39.5 Å². The monoisotopic (exact) mass is 279 g/mol. The Morgan fingerprint density at radius 3 is 2.55 bits per heavy atom. The minimum Gasteiger partial charge on any atom is -0.461 e. The number of hydrogen-bond acceptors (Lipinski definition) is 6. The molecule has 0 saturated heterocycles. The van der Waals surface area contributed by atoms with E-state index in [4.69, 9.17) is 4.74 Å². The number of hydrogen-bond donors (Lipinski definition) is 1. The summed E-state index contributed by atoms with van der Waals surface area (Å²) in [6.45, 7) is 7.98. The number of rotatable bonds is 7. The van der Waals surface area contributed by atoms with Crippen LogP contribution in [0.25, 0.3) is 0 Å². The second-order valence-electron chi connectivity index (χ2n) is 5.49. The van der Waals surface area contributed by atoms with Crippen LogP contribution in [0.4, 0.5) is 11.9 Å². The van der Waals surface area contributed by atoms with Crippen molar-refractivity contribution in [2.75, 3.05) is 30.4 Å². The third-order valence-electron chi connectivity index (χ3n) is 3.54. The van der Waals surface area contributed by atoms with Crippen LogP contribution in [-0.2, 0) is 0 Å². The number of nitrogens with zero attached hydrogens (tertiary/aromatic N) is 4. The van der Waals surface area contributed by atoms with Crippen LogP contribution in [0.2, 0.25) is 0 Å². The molecule has 0 spiro atoms. The molecule has 112 valence electrons. The van der Waals surface area contributed by atoms with Gasteiger partial charge >= 0.3 is 6.01 Å². The van der Waals surface area contributed by atoms with Gasteiger partial charge in [0.2, 0.25) is 11.9 Å². The maximum absolute atomic E-state index is 5.61. The van der Waals surface area contributed by atoms with Crippen molar-refractivity contribution in [3.8, 4) is 6.01 Å². The van der Waals surface area contributed by atoms with Gasteiger partial charge in [0, 0.05) is 20.1 Å². The van der Waals surface area contributed by atoms with Crippen LogP contribution < -0.4 is 15.0 Å². The summed E-state index contributed by atoms with van der Waals surface area (Å²) in [4.78, 5) is 15.3. The van der Waals surface area contributed by atoms with Crippen molar-refractivity contribution >= 4 is 11.9 Å². The summed E-state index contributed by atoms with van der Waals surface area (Å²) in [5.41, 5.74) is 0. The Kier molecular flexibility index (Phi) is 4.98. The zero-order valence-corrected chi connectivity index (χ0v) is 12.9. The fourth-order valence-electron chi connectivity index (χ4n) is 2.20. The molecule has 0 unspecified atom stereocenters. The van der Waals surface area contributed by atoms with E-state index in [1.165, 1.54) is 19.3 Å². The van der Waals surface area contributed by atoms with Crippen molar-refractivity contribution in [2.24, 2.45) is 5.92 Å². The summed E-state index contributed by atoms with van der Waals surface area (Å²) in [7, 11) is 1.81. The Balaban J connectivity index is 2.17. The lowest BCUT2D eigenvalue weighted by Crippen LogP contribution is -2.34. The van der Waals surface area contributed by atoms with Gasteiger partial charge in [0.05, 0.1) is 6.10 Å². The lowest BCUT2D eigenvalue weighted by atomic mass is 9.85. The normalized spacial score (nSPS) is 15.1. The first-order valence-corrected chi connectivity index (χ1v) is 7.47. The van der Waals surface area contributed by atoms with Gasteiger partial charge < -0.3 is 15.0 Å². The lowest BCUT2D eigenvalue weighted by molar-refractivity contribution is 0.221. The van der Waals surface area contributed by atoms with E-state index in [0.29, 0.717) is 17.9 Å². The Morgan fingerprint density at radius 1 is 1.30 bits per heavy atom. The predicted octanol–water partition coefficient (Wildman–Crippen LogP) is 2.33. The van der Waals surface area contributed by atoms with Gasteiger partial charge in [0.15, 0.2) is 0 Å². The Morgan fingerprint density at radius 2 is 2.05 bits per heavy atom. The summed E-state index contributed by atoms with van der Waals surface area (Å²) in [6.07, 6.45) is 4.03. The molecule has 1 aromatic heterocycles. The van der Waals surface area contributed by atoms with Crippen molar-refractivity contribution in [2.45, 2.75) is 46.1 Å². The highest BCUT2D eigenvalue weighted by molar-refractivity contribution is 5.38. The van der Waals surface area contributed by atoms with Crippen LogP contribution in [0, 0.1) is 5.92 Å². The largest absolute Gasteiger partial charge is 0.461 e. The molecule has 2 rings (SSSR count). The van der Waals surface area contributed by atoms with E-state index in [0.717, 1.165) is 19.0 Å². The van der Waals surface area contributed by atoms with Crippen molar-refractivity contribution < 1.29 is 4.74 Å². The van der Waals surface area contributed by atoms with Crippen LogP contribution in [0.5, 0.6) is 6.01 Å². The topological polar surface area (TPSA) is 63.2 Å². The van der Waals surface area contributed by atoms with E-state index in [9.17, 15) is 0 Å². The van der Waals surface area contributed by atoms with E-state index < -0.39 is 0 Å². The van der Waals surface area contributed by atoms with Gasteiger partial charge in [-0.1, -0.05) is 6.42 Å². The highest BCUT2D eigenvalue weighted by Crippen LogP contribution is 2.28. The van der Waals surface area contributed by atoms with Gasteiger partial charge in [-0.3, -0.25) is 0 Å². The zero-order chi connectivity index (χ0) is 14.5. The molecule has 1 aliphatic carbocycles. The summed E-state index contributed by atoms with van der Waals surface area (Å²) >= 11 is 0. The maximum Gasteiger partial charge on any atom is 0.323 e. The van der Waals surface area contributed by atoms with Gasteiger partial charge in [0.25, 0.3) is 0 Å². The second-order valence-corrected chi connectivity index (χ2v) is 5.49. The first-order valence-electron chi connectivity index (χ1n) is 7.47. The van der Waals surface area contributed by atoms with Crippen LogP contribution in [0.1, 0.15) is 40.0 Å². The molecule has 0 bridgehead atoms. The molecule has 0 aromatic carbocycles. The summed E-state index contributed by atoms with van der Waals surface area (Å²) in [6, 6.07) is 0.390. The Bertz CT molecular complexity index is 434.